The molecule has 0 radical (unpaired) electrons. The number of amides is 1. The molecule has 0 aliphatic heterocycles. The second-order valence-corrected chi connectivity index (χ2v) is 3.39. The van der Waals surface area contributed by atoms with Crippen molar-refractivity contribution in [1.29, 1.82) is 0 Å². The molecular weight excluding hydrogens is 166 g/mol. The van der Waals surface area contributed by atoms with Crippen molar-refractivity contribution in [3.05, 3.63) is 23.8 Å². The Kier molecular flexibility index (Phi) is 3.71. The van der Waals surface area contributed by atoms with E-state index >= 15 is 0 Å². The highest BCUT2D eigenvalue weighted by Crippen LogP contribution is 2.18. The van der Waals surface area contributed by atoms with E-state index in [0.717, 1.165) is 6.42 Å². The van der Waals surface area contributed by atoms with Crippen LogP contribution in [0.15, 0.2) is 23.8 Å². The molecule has 1 aliphatic carbocycles. The summed E-state index contributed by atoms with van der Waals surface area (Å²) in [6.45, 7) is 2.16. The van der Waals surface area contributed by atoms with Crippen LogP contribution in [-0.4, -0.2) is 11.1 Å². The Balaban J connectivity index is 2.31. The highest BCUT2D eigenvalue weighted by Gasteiger charge is 2.05. The zero-order valence-electron chi connectivity index (χ0n) is 7.79. The van der Waals surface area contributed by atoms with Crippen LogP contribution in [-0.2, 0) is 4.79 Å². The number of carbonyl (C=O) groups is 1. The van der Waals surface area contributed by atoms with Crippen LogP contribution < -0.4 is 5.48 Å². The number of hydrogen-bond acceptors (Lipinski definition) is 2. The quantitative estimate of drug-likeness (QED) is 0.515. The highest BCUT2D eigenvalue weighted by atomic mass is 16.5. The lowest BCUT2D eigenvalue weighted by atomic mass is 9.96. The fourth-order valence-corrected chi connectivity index (χ4v) is 1.27. The van der Waals surface area contributed by atoms with Gasteiger partial charge in [0.25, 0.3) is 0 Å². The van der Waals surface area contributed by atoms with Crippen LogP contribution in [0, 0.1) is 5.92 Å². The average molecular weight is 181 g/mol. The monoisotopic (exact) mass is 181 g/mol. The minimum Gasteiger partial charge on any atom is -0.289 e. The molecule has 13 heavy (non-hydrogen) atoms. The van der Waals surface area contributed by atoms with E-state index < -0.39 is 0 Å². The van der Waals surface area contributed by atoms with Crippen molar-refractivity contribution in [3.8, 4) is 0 Å². The van der Waals surface area contributed by atoms with Crippen LogP contribution in [0.25, 0.3) is 0 Å². The average Bonchev–Trinajstić information content (AvgIpc) is 2.16. The van der Waals surface area contributed by atoms with Gasteiger partial charge in [-0.3, -0.25) is 10.0 Å². The zero-order chi connectivity index (χ0) is 9.68. The lowest BCUT2D eigenvalue weighted by Crippen LogP contribution is -2.18. The normalized spacial score (nSPS) is 21.1. The van der Waals surface area contributed by atoms with E-state index in [9.17, 15) is 4.79 Å². The Labute approximate surface area is 78.1 Å². The zero-order valence-corrected chi connectivity index (χ0v) is 7.79. The molecular formula is C10H15NO2. The maximum atomic E-state index is 10.7. The molecule has 1 rings (SSSR count). The van der Waals surface area contributed by atoms with E-state index in [4.69, 9.17) is 5.21 Å². The van der Waals surface area contributed by atoms with Gasteiger partial charge in [0.2, 0.25) is 5.91 Å². The molecule has 1 aliphatic rings. The fraction of sp³-hybridized carbons (Fsp3) is 0.500. The smallest absolute Gasteiger partial charge is 0.243 e. The summed E-state index contributed by atoms with van der Waals surface area (Å²) in [5, 5.41) is 8.27. The Morgan fingerprint density at radius 2 is 2.54 bits per heavy atom. The van der Waals surface area contributed by atoms with E-state index in [0.29, 0.717) is 18.8 Å². The molecule has 2 N–H and O–H groups in total. The van der Waals surface area contributed by atoms with E-state index in [1.54, 1.807) is 5.48 Å². The summed E-state index contributed by atoms with van der Waals surface area (Å²) >= 11 is 0. The van der Waals surface area contributed by atoms with Gasteiger partial charge < -0.3 is 0 Å². The Hall–Kier alpha value is -1.09. The second-order valence-electron chi connectivity index (χ2n) is 3.39. The number of allylic oxidation sites excluding steroid dienone is 4. The third-order valence-electron chi connectivity index (χ3n) is 2.16. The van der Waals surface area contributed by atoms with Crippen LogP contribution in [0.1, 0.15) is 26.2 Å². The Morgan fingerprint density at radius 3 is 3.08 bits per heavy atom. The summed E-state index contributed by atoms with van der Waals surface area (Å²) in [5.74, 6) is 0.281. The lowest BCUT2D eigenvalue weighted by Gasteiger charge is -2.10. The summed E-state index contributed by atoms with van der Waals surface area (Å²) in [6, 6.07) is 0. The van der Waals surface area contributed by atoms with Crippen molar-refractivity contribution in [1.82, 2.24) is 5.48 Å². The van der Waals surface area contributed by atoms with Crippen LogP contribution in [0.4, 0.5) is 0 Å². The summed E-state index contributed by atoms with van der Waals surface area (Å²) in [7, 11) is 0. The van der Waals surface area contributed by atoms with Crippen LogP contribution in [0.3, 0.4) is 0 Å². The molecule has 0 saturated carbocycles. The van der Waals surface area contributed by atoms with Gasteiger partial charge in [-0.1, -0.05) is 30.7 Å². The molecule has 0 saturated heterocycles. The van der Waals surface area contributed by atoms with Crippen LogP contribution in [0.2, 0.25) is 0 Å². The first kappa shape index (κ1) is 9.99. The molecule has 3 nitrogen and oxygen atoms in total. The first-order valence-electron chi connectivity index (χ1n) is 4.52. The topological polar surface area (TPSA) is 49.3 Å². The second kappa shape index (κ2) is 4.82. The first-order valence-corrected chi connectivity index (χ1v) is 4.52. The van der Waals surface area contributed by atoms with Gasteiger partial charge in [-0.15, -0.1) is 0 Å². The summed E-state index contributed by atoms with van der Waals surface area (Å²) < 4.78 is 0. The highest BCUT2D eigenvalue weighted by molar-refractivity contribution is 5.74. The molecule has 0 heterocycles. The van der Waals surface area contributed by atoms with Crippen molar-refractivity contribution >= 4 is 5.91 Å². The lowest BCUT2D eigenvalue weighted by molar-refractivity contribution is -0.129. The van der Waals surface area contributed by atoms with Crippen LogP contribution >= 0.6 is 0 Å². The van der Waals surface area contributed by atoms with E-state index in [1.165, 1.54) is 5.57 Å². The van der Waals surface area contributed by atoms with E-state index in [1.807, 2.05) is 0 Å². The molecule has 0 bridgehead atoms. The predicted octanol–water partition coefficient (Wildman–Crippen LogP) is 1.79. The third-order valence-corrected chi connectivity index (χ3v) is 2.16. The Bertz CT molecular complexity index is 243. The van der Waals surface area contributed by atoms with Gasteiger partial charge in [-0.25, -0.2) is 5.48 Å². The van der Waals surface area contributed by atoms with Gasteiger partial charge in [-0.2, -0.15) is 0 Å². The molecule has 0 aromatic rings. The van der Waals surface area contributed by atoms with Crippen molar-refractivity contribution in [2.75, 3.05) is 0 Å². The maximum Gasteiger partial charge on any atom is 0.243 e. The molecule has 1 atom stereocenters. The minimum absolute atomic E-state index is 0.326. The molecule has 0 aromatic carbocycles. The summed E-state index contributed by atoms with van der Waals surface area (Å²) in [6.07, 6.45) is 8.45. The van der Waals surface area contributed by atoms with Crippen molar-refractivity contribution in [3.63, 3.8) is 0 Å². The number of hydroxylamine groups is 1. The van der Waals surface area contributed by atoms with Gasteiger partial charge in [0.1, 0.15) is 0 Å². The first-order chi connectivity index (χ1) is 6.22. The fourth-order valence-electron chi connectivity index (χ4n) is 1.27. The molecule has 1 unspecified atom stereocenters. The number of nitrogens with one attached hydrogen (secondary N) is 1. The standard InChI is InChI=1S/C10H15NO2/c1-8-2-4-9(5-3-8)6-7-10(12)11-13/h2,4-5,8,13H,3,6-7H2,1H3,(H,11,12). The van der Waals surface area contributed by atoms with E-state index in [-0.39, 0.29) is 5.91 Å². The molecule has 3 heteroatoms. The van der Waals surface area contributed by atoms with Gasteiger partial charge in [0.05, 0.1) is 0 Å². The van der Waals surface area contributed by atoms with Crippen molar-refractivity contribution in [2.45, 2.75) is 26.2 Å². The molecule has 0 aromatic heterocycles. The van der Waals surface area contributed by atoms with Gasteiger partial charge in [0.15, 0.2) is 0 Å². The molecule has 1 amide bonds. The largest absolute Gasteiger partial charge is 0.289 e. The maximum absolute atomic E-state index is 10.7. The summed E-state index contributed by atoms with van der Waals surface area (Å²) in [4.78, 5) is 10.7. The van der Waals surface area contributed by atoms with Gasteiger partial charge in [-0.05, 0) is 18.8 Å². The molecule has 0 spiro atoms. The number of rotatable bonds is 3. The van der Waals surface area contributed by atoms with Gasteiger partial charge in [0, 0.05) is 6.42 Å². The molecule has 72 valence electrons. The number of carbonyl (C=O) groups excluding carboxylic acids is 1. The van der Waals surface area contributed by atoms with Gasteiger partial charge >= 0.3 is 0 Å². The summed E-state index contributed by atoms with van der Waals surface area (Å²) in [5.41, 5.74) is 2.81. The third kappa shape index (κ3) is 3.42. The van der Waals surface area contributed by atoms with Crippen molar-refractivity contribution in [2.24, 2.45) is 5.92 Å². The van der Waals surface area contributed by atoms with E-state index in [2.05, 4.69) is 25.2 Å². The number of hydrogen-bond donors (Lipinski definition) is 2. The molecule has 0 fully saturated rings. The minimum atomic E-state index is -0.326. The van der Waals surface area contributed by atoms with Crippen LogP contribution in [0.5, 0.6) is 0 Å². The SMILES string of the molecule is CC1C=CC(CCC(=O)NO)=CC1. The predicted molar refractivity (Wildman–Crippen MR) is 50.2 cm³/mol. The Morgan fingerprint density at radius 1 is 1.77 bits per heavy atom. The van der Waals surface area contributed by atoms with Crippen molar-refractivity contribution < 1.29 is 10.0 Å².